The Morgan fingerprint density at radius 2 is 0.913 bits per heavy atom. The molecule has 8 aromatic carbocycles. The highest BCUT2D eigenvalue weighted by molar-refractivity contribution is 6.26. The maximum Gasteiger partial charge on any atom is 0.178 e. The highest BCUT2D eigenvalue weighted by atomic mass is 16.4. The Hall–Kier alpha value is -6.12. The second-order valence-corrected chi connectivity index (χ2v) is 12.0. The molecule has 10 aromatic rings. The van der Waals surface area contributed by atoms with Crippen LogP contribution in [0.1, 0.15) is 0 Å². The zero-order valence-corrected chi connectivity index (χ0v) is 24.8. The van der Waals surface area contributed by atoms with Gasteiger partial charge in [0.2, 0.25) is 0 Å². The summed E-state index contributed by atoms with van der Waals surface area (Å²) in [6.45, 7) is 0. The van der Waals surface area contributed by atoms with Crippen molar-refractivity contribution in [3.05, 3.63) is 158 Å². The maximum atomic E-state index is 6.72. The van der Waals surface area contributed by atoms with Crippen molar-refractivity contribution in [3.8, 4) is 33.6 Å². The Morgan fingerprint density at radius 1 is 0.326 bits per heavy atom. The molecular weight excluding hydrogens is 560 g/mol. The van der Waals surface area contributed by atoms with Gasteiger partial charge in [0.1, 0.15) is 11.3 Å². The van der Waals surface area contributed by atoms with Gasteiger partial charge in [-0.3, -0.25) is 0 Å². The lowest BCUT2D eigenvalue weighted by Crippen LogP contribution is -1.91. The second kappa shape index (κ2) is 9.69. The van der Waals surface area contributed by atoms with Crippen LogP contribution in [0.5, 0.6) is 0 Å². The number of hydrogen-bond acceptors (Lipinski definition) is 2. The van der Waals surface area contributed by atoms with Crippen LogP contribution < -0.4 is 0 Å². The summed E-state index contributed by atoms with van der Waals surface area (Å²) < 4.78 is 13.2. The van der Waals surface area contributed by atoms with Crippen molar-refractivity contribution in [3.63, 3.8) is 0 Å². The van der Waals surface area contributed by atoms with E-state index in [0.717, 1.165) is 49.8 Å². The van der Waals surface area contributed by atoms with Crippen LogP contribution in [0.3, 0.4) is 0 Å². The molecule has 0 saturated carbocycles. The van der Waals surface area contributed by atoms with Crippen LogP contribution in [0.2, 0.25) is 0 Å². The minimum absolute atomic E-state index is 0.773. The molecule has 2 heteroatoms. The molecule has 0 fully saturated rings. The van der Waals surface area contributed by atoms with Crippen LogP contribution in [-0.4, -0.2) is 0 Å². The Labute approximate surface area is 264 Å². The van der Waals surface area contributed by atoms with Crippen molar-refractivity contribution in [2.45, 2.75) is 0 Å². The van der Waals surface area contributed by atoms with Crippen molar-refractivity contribution in [1.82, 2.24) is 0 Å². The Kier molecular flexibility index (Phi) is 5.31. The zero-order valence-electron chi connectivity index (χ0n) is 24.8. The molecule has 0 unspecified atom stereocenters. The first kappa shape index (κ1) is 25.2. The van der Waals surface area contributed by atoms with Crippen LogP contribution in [0, 0.1) is 0 Å². The SMILES string of the molecule is c1ccc(-c2cc3c(-c4c5ccccc5c(-c5ccc6ccccc6c5)c5ccccc45)cc4c5ccccc5oc4c3o2)cc1. The molecule has 0 amide bonds. The summed E-state index contributed by atoms with van der Waals surface area (Å²) in [5.41, 5.74) is 8.26. The summed E-state index contributed by atoms with van der Waals surface area (Å²) in [4.78, 5) is 0. The Morgan fingerprint density at radius 3 is 1.65 bits per heavy atom. The monoisotopic (exact) mass is 586 g/mol. The van der Waals surface area contributed by atoms with Crippen LogP contribution in [0.15, 0.2) is 167 Å². The van der Waals surface area contributed by atoms with E-state index in [1.807, 2.05) is 30.3 Å². The predicted octanol–water partition coefficient (Wildman–Crippen LogP) is 12.8. The van der Waals surface area contributed by atoms with Gasteiger partial charge in [-0.25, -0.2) is 0 Å². The van der Waals surface area contributed by atoms with Gasteiger partial charge in [-0.2, -0.15) is 0 Å². The lowest BCUT2D eigenvalue weighted by molar-refractivity contribution is 0.611. The summed E-state index contributed by atoms with van der Waals surface area (Å²) in [5.74, 6) is 0.825. The van der Waals surface area contributed by atoms with Crippen molar-refractivity contribution in [2.75, 3.05) is 0 Å². The highest BCUT2D eigenvalue weighted by Gasteiger charge is 2.23. The van der Waals surface area contributed by atoms with Crippen molar-refractivity contribution in [1.29, 1.82) is 0 Å². The molecule has 2 heterocycles. The van der Waals surface area contributed by atoms with E-state index >= 15 is 0 Å². The van der Waals surface area contributed by atoms with Gasteiger partial charge in [-0.1, -0.05) is 133 Å². The summed E-state index contributed by atoms with van der Waals surface area (Å²) in [6, 6.07) is 56.2. The van der Waals surface area contributed by atoms with E-state index in [9.17, 15) is 0 Å². The van der Waals surface area contributed by atoms with Crippen LogP contribution in [-0.2, 0) is 0 Å². The summed E-state index contributed by atoms with van der Waals surface area (Å²) in [6.07, 6.45) is 0. The van der Waals surface area contributed by atoms with Crippen LogP contribution in [0.4, 0.5) is 0 Å². The normalized spacial score (nSPS) is 11.9. The molecule has 2 nitrogen and oxygen atoms in total. The molecule has 46 heavy (non-hydrogen) atoms. The van der Waals surface area contributed by atoms with E-state index in [-0.39, 0.29) is 0 Å². The van der Waals surface area contributed by atoms with Gasteiger partial charge in [0.05, 0.1) is 0 Å². The Balaban J connectivity index is 1.37. The number of fused-ring (bicyclic) bond motifs is 8. The fraction of sp³-hybridized carbons (Fsp3) is 0. The van der Waals surface area contributed by atoms with E-state index < -0.39 is 0 Å². The standard InChI is InChI=1S/C44H26O2/c1-2-13-28(14-3-1)40-26-38-36(25-37-31-16-10-11-21-39(31)45-43(37)44(38)46-40)42-34-19-8-6-17-32(34)41(33-18-7-9-20-35(33)42)30-23-22-27-12-4-5-15-29(27)24-30/h1-26H. The molecular formula is C44H26O2. The van der Waals surface area contributed by atoms with Crippen molar-refractivity contribution in [2.24, 2.45) is 0 Å². The first-order valence-electron chi connectivity index (χ1n) is 15.7. The highest BCUT2D eigenvalue weighted by Crippen LogP contribution is 2.49. The Bertz CT molecular complexity index is 2740. The first-order chi connectivity index (χ1) is 22.8. The minimum Gasteiger partial charge on any atom is -0.452 e. The number of rotatable bonds is 3. The molecule has 0 N–H and O–H groups in total. The zero-order chi connectivity index (χ0) is 30.2. The first-order valence-corrected chi connectivity index (χ1v) is 15.7. The molecule has 0 spiro atoms. The van der Waals surface area contributed by atoms with Gasteiger partial charge < -0.3 is 8.83 Å². The van der Waals surface area contributed by atoms with Gasteiger partial charge >= 0.3 is 0 Å². The quantitative estimate of drug-likeness (QED) is 0.193. The summed E-state index contributed by atoms with van der Waals surface area (Å²) >= 11 is 0. The van der Waals surface area contributed by atoms with Gasteiger partial charge in [-0.15, -0.1) is 0 Å². The molecule has 0 aliphatic carbocycles. The van der Waals surface area contributed by atoms with E-state index in [2.05, 4.69) is 127 Å². The van der Waals surface area contributed by atoms with E-state index in [4.69, 9.17) is 8.83 Å². The molecule has 0 atom stereocenters. The van der Waals surface area contributed by atoms with Gasteiger partial charge in [0.25, 0.3) is 0 Å². The van der Waals surface area contributed by atoms with Crippen molar-refractivity contribution >= 4 is 65.2 Å². The van der Waals surface area contributed by atoms with Gasteiger partial charge in [0.15, 0.2) is 11.2 Å². The molecule has 0 radical (unpaired) electrons. The number of benzene rings is 8. The van der Waals surface area contributed by atoms with E-state index in [1.54, 1.807) is 0 Å². The summed E-state index contributed by atoms with van der Waals surface area (Å²) in [5, 5.41) is 10.5. The number of para-hydroxylation sites is 1. The number of furan rings is 2. The molecule has 2 aromatic heterocycles. The minimum atomic E-state index is 0.773. The lowest BCUT2D eigenvalue weighted by atomic mass is 9.84. The third-order valence-electron chi connectivity index (χ3n) is 9.45. The van der Waals surface area contributed by atoms with Gasteiger partial charge in [-0.05, 0) is 78.8 Å². The fourth-order valence-electron chi connectivity index (χ4n) is 7.39. The lowest BCUT2D eigenvalue weighted by Gasteiger charge is -2.18. The summed E-state index contributed by atoms with van der Waals surface area (Å²) in [7, 11) is 0. The average molecular weight is 587 g/mol. The fourth-order valence-corrected chi connectivity index (χ4v) is 7.39. The topological polar surface area (TPSA) is 26.3 Å². The molecule has 0 bridgehead atoms. The van der Waals surface area contributed by atoms with Crippen LogP contribution >= 0.6 is 0 Å². The second-order valence-electron chi connectivity index (χ2n) is 12.0. The predicted molar refractivity (Wildman–Crippen MR) is 192 cm³/mol. The average Bonchev–Trinajstić information content (AvgIpc) is 3.73. The third kappa shape index (κ3) is 3.65. The van der Waals surface area contributed by atoms with Crippen LogP contribution in [0.25, 0.3) is 98.8 Å². The van der Waals surface area contributed by atoms with E-state index in [0.29, 0.717) is 0 Å². The van der Waals surface area contributed by atoms with Crippen molar-refractivity contribution < 1.29 is 8.83 Å². The molecule has 10 rings (SSSR count). The molecule has 0 aliphatic heterocycles. The molecule has 214 valence electrons. The third-order valence-corrected chi connectivity index (χ3v) is 9.45. The smallest absolute Gasteiger partial charge is 0.178 e. The van der Waals surface area contributed by atoms with Gasteiger partial charge in [0, 0.05) is 21.7 Å². The number of hydrogen-bond donors (Lipinski definition) is 0. The van der Waals surface area contributed by atoms with E-state index in [1.165, 1.54) is 49.0 Å². The maximum absolute atomic E-state index is 6.72. The molecule has 0 aliphatic rings. The molecule has 0 saturated heterocycles. The largest absolute Gasteiger partial charge is 0.452 e.